The molecule has 1 N–H and O–H groups in total. The maximum Gasteiger partial charge on any atom is 0.125 e. The molecule has 0 bridgehead atoms. The molecule has 1 atom stereocenters. The number of hydrogen-bond acceptors (Lipinski definition) is 2. The van der Waals surface area contributed by atoms with E-state index < -0.39 is 6.10 Å². The zero-order valence-corrected chi connectivity index (χ0v) is 12.7. The lowest BCUT2D eigenvalue weighted by Gasteiger charge is -2.21. The van der Waals surface area contributed by atoms with Gasteiger partial charge in [0.05, 0.1) is 6.10 Å². The largest absolute Gasteiger partial charge is 0.389 e. The monoisotopic (exact) mass is 335 g/mol. The number of hydrogen-bond donors (Lipinski definition) is 1. The normalized spacial score (nSPS) is 15.3. The highest BCUT2D eigenvalue weighted by atomic mass is 79.9. The Morgan fingerprint density at radius 3 is 2.75 bits per heavy atom. The van der Waals surface area contributed by atoms with Crippen molar-refractivity contribution in [2.24, 2.45) is 0 Å². The lowest BCUT2D eigenvalue weighted by molar-refractivity contribution is 0.198. The molecule has 2 aromatic rings. The third-order valence-electron chi connectivity index (χ3n) is 3.69. The van der Waals surface area contributed by atoms with Gasteiger partial charge in [0.25, 0.3) is 0 Å². The van der Waals surface area contributed by atoms with Gasteiger partial charge in [0, 0.05) is 22.4 Å². The summed E-state index contributed by atoms with van der Waals surface area (Å²) in [5.74, 6) is -0.213. The van der Waals surface area contributed by atoms with Gasteiger partial charge in [0.1, 0.15) is 5.82 Å². The van der Waals surface area contributed by atoms with Crippen LogP contribution in [0, 0.1) is 5.82 Å². The molecule has 104 valence electrons. The third kappa shape index (κ3) is 2.34. The smallest absolute Gasteiger partial charge is 0.125 e. The Morgan fingerprint density at radius 1 is 1.25 bits per heavy atom. The van der Waals surface area contributed by atoms with Gasteiger partial charge in [-0.05, 0) is 48.7 Å². The van der Waals surface area contributed by atoms with Crippen molar-refractivity contribution in [3.05, 3.63) is 57.8 Å². The van der Waals surface area contributed by atoms with Crippen LogP contribution in [0.5, 0.6) is 0 Å². The van der Waals surface area contributed by atoms with Crippen molar-refractivity contribution < 1.29 is 9.50 Å². The Morgan fingerprint density at radius 2 is 2.05 bits per heavy atom. The Labute approximate surface area is 126 Å². The second-order valence-electron chi connectivity index (χ2n) is 5.06. The van der Waals surface area contributed by atoms with E-state index in [1.165, 1.54) is 11.6 Å². The van der Waals surface area contributed by atoms with Gasteiger partial charge in [-0.3, -0.25) is 0 Å². The highest BCUT2D eigenvalue weighted by Crippen LogP contribution is 2.37. The van der Waals surface area contributed by atoms with Crippen molar-refractivity contribution in [3.63, 3.8) is 0 Å². The topological polar surface area (TPSA) is 23.5 Å². The minimum atomic E-state index is -0.512. The summed E-state index contributed by atoms with van der Waals surface area (Å²) in [7, 11) is 0. The lowest BCUT2D eigenvalue weighted by Crippen LogP contribution is -2.13. The number of halogens is 2. The highest BCUT2D eigenvalue weighted by molar-refractivity contribution is 9.10. The van der Waals surface area contributed by atoms with Gasteiger partial charge in [-0.15, -0.1) is 0 Å². The minimum absolute atomic E-state index is 0.213. The average Bonchev–Trinajstić information content (AvgIpc) is 2.81. The van der Waals surface area contributed by atoms with E-state index in [1.807, 2.05) is 24.3 Å². The van der Waals surface area contributed by atoms with Gasteiger partial charge in [-0.2, -0.15) is 0 Å². The van der Waals surface area contributed by atoms with E-state index in [2.05, 4.69) is 20.8 Å². The fourth-order valence-electron chi connectivity index (χ4n) is 2.64. The van der Waals surface area contributed by atoms with Crippen molar-refractivity contribution in [1.82, 2.24) is 0 Å². The number of fused-ring (bicyclic) bond motifs is 1. The molecule has 1 aliphatic heterocycles. The van der Waals surface area contributed by atoms with Crippen LogP contribution in [-0.4, -0.2) is 11.7 Å². The van der Waals surface area contributed by atoms with Crippen LogP contribution < -0.4 is 4.90 Å². The van der Waals surface area contributed by atoms with Crippen LogP contribution in [0.4, 0.5) is 15.8 Å². The number of rotatable bonds is 2. The molecule has 20 heavy (non-hydrogen) atoms. The van der Waals surface area contributed by atoms with Crippen LogP contribution in [0.25, 0.3) is 0 Å². The first-order chi connectivity index (χ1) is 9.56. The van der Waals surface area contributed by atoms with Crippen molar-refractivity contribution in [3.8, 4) is 0 Å². The van der Waals surface area contributed by atoms with Gasteiger partial charge >= 0.3 is 0 Å². The first-order valence-electron chi connectivity index (χ1n) is 6.60. The summed E-state index contributed by atoms with van der Waals surface area (Å²) in [5.41, 5.74) is 3.96. The molecular weight excluding hydrogens is 321 g/mol. The summed E-state index contributed by atoms with van der Waals surface area (Å²) in [6.07, 6.45) is 0.410. The predicted octanol–water partition coefficient (Wildman–Crippen LogP) is 4.34. The Hall–Kier alpha value is -1.39. The highest BCUT2D eigenvalue weighted by Gasteiger charge is 2.21. The standard InChI is InChI=1S/C16H15BrFNO/c1-10(20)14-5-4-13(9-15(14)17)19-7-6-11-2-3-12(18)8-16(11)19/h2-5,8-10,20H,6-7H2,1H3. The molecule has 2 aromatic carbocycles. The second kappa shape index (κ2) is 5.19. The molecule has 0 amide bonds. The van der Waals surface area contributed by atoms with Crippen LogP contribution in [0.15, 0.2) is 40.9 Å². The van der Waals surface area contributed by atoms with Crippen molar-refractivity contribution in [2.75, 3.05) is 11.4 Å². The Kier molecular flexibility index (Phi) is 3.52. The molecule has 0 aromatic heterocycles. The van der Waals surface area contributed by atoms with Crippen LogP contribution in [0.1, 0.15) is 24.2 Å². The van der Waals surface area contributed by atoms with Gasteiger partial charge in [0.15, 0.2) is 0 Å². The maximum absolute atomic E-state index is 13.4. The van der Waals surface area contributed by atoms with Gasteiger partial charge in [0.2, 0.25) is 0 Å². The van der Waals surface area contributed by atoms with E-state index in [-0.39, 0.29) is 5.82 Å². The molecule has 0 radical (unpaired) electrons. The molecule has 0 fully saturated rings. The zero-order chi connectivity index (χ0) is 14.3. The van der Waals surface area contributed by atoms with Crippen molar-refractivity contribution in [2.45, 2.75) is 19.4 Å². The van der Waals surface area contributed by atoms with E-state index in [9.17, 15) is 9.50 Å². The van der Waals surface area contributed by atoms with E-state index in [1.54, 1.807) is 13.0 Å². The molecule has 1 heterocycles. The van der Waals surface area contributed by atoms with E-state index in [0.29, 0.717) is 0 Å². The van der Waals surface area contributed by atoms with E-state index >= 15 is 0 Å². The first kappa shape index (κ1) is 13.6. The van der Waals surface area contributed by atoms with E-state index in [4.69, 9.17) is 0 Å². The zero-order valence-electron chi connectivity index (χ0n) is 11.1. The summed E-state index contributed by atoms with van der Waals surface area (Å²) in [5, 5.41) is 9.66. The first-order valence-corrected chi connectivity index (χ1v) is 7.39. The molecular formula is C16H15BrFNO. The summed E-state index contributed by atoms with van der Waals surface area (Å²) in [4.78, 5) is 2.11. The summed E-state index contributed by atoms with van der Waals surface area (Å²) >= 11 is 3.49. The van der Waals surface area contributed by atoms with Crippen LogP contribution in [-0.2, 0) is 6.42 Å². The minimum Gasteiger partial charge on any atom is -0.389 e. The Bertz CT molecular complexity index is 657. The van der Waals surface area contributed by atoms with Gasteiger partial charge in [-0.25, -0.2) is 4.39 Å². The summed E-state index contributed by atoms with van der Waals surface area (Å²) < 4.78 is 14.3. The molecule has 3 rings (SSSR count). The molecule has 0 saturated heterocycles. The van der Waals surface area contributed by atoms with Crippen molar-refractivity contribution in [1.29, 1.82) is 0 Å². The number of benzene rings is 2. The molecule has 2 nitrogen and oxygen atoms in total. The number of anilines is 2. The fraction of sp³-hybridized carbons (Fsp3) is 0.250. The van der Waals surface area contributed by atoms with Crippen LogP contribution in [0.3, 0.4) is 0 Å². The molecule has 1 unspecified atom stereocenters. The Balaban J connectivity index is 2.00. The summed E-state index contributed by atoms with van der Waals surface area (Å²) in [6.45, 7) is 2.58. The number of nitrogens with zero attached hydrogens (tertiary/aromatic N) is 1. The maximum atomic E-state index is 13.4. The molecule has 4 heteroatoms. The van der Waals surface area contributed by atoms with Gasteiger partial charge < -0.3 is 10.0 Å². The quantitative estimate of drug-likeness (QED) is 0.882. The van der Waals surface area contributed by atoms with Crippen LogP contribution >= 0.6 is 15.9 Å². The molecule has 0 aliphatic carbocycles. The van der Waals surface area contributed by atoms with Crippen molar-refractivity contribution >= 4 is 27.3 Å². The number of aliphatic hydroxyl groups is 1. The third-order valence-corrected chi connectivity index (χ3v) is 4.38. The second-order valence-corrected chi connectivity index (χ2v) is 5.91. The molecule has 0 spiro atoms. The van der Waals surface area contributed by atoms with Gasteiger partial charge in [-0.1, -0.05) is 28.1 Å². The fourth-order valence-corrected chi connectivity index (χ4v) is 3.34. The lowest BCUT2D eigenvalue weighted by atomic mass is 10.1. The predicted molar refractivity (Wildman–Crippen MR) is 81.9 cm³/mol. The average molecular weight is 336 g/mol. The van der Waals surface area contributed by atoms with E-state index in [0.717, 1.165) is 34.4 Å². The SMILES string of the molecule is CC(O)c1ccc(N2CCc3ccc(F)cc32)cc1Br. The van der Waals surface area contributed by atoms with Crippen LogP contribution in [0.2, 0.25) is 0 Å². The number of aliphatic hydroxyl groups excluding tert-OH is 1. The summed E-state index contributed by atoms with van der Waals surface area (Å²) in [6, 6.07) is 10.8. The molecule has 1 aliphatic rings. The molecule has 0 saturated carbocycles.